The second-order valence-corrected chi connectivity index (χ2v) is 3.40. The molecule has 1 amide bonds. The van der Waals surface area contributed by atoms with Crippen molar-refractivity contribution in [3.05, 3.63) is 35.9 Å². The van der Waals surface area contributed by atoms with E-state index in [-0.39, 0.29) is 19.7 Å². The van der Waals surface area contributed by atoms with Crippen LogP contribution < -0.4 is 5.32 Å². The molecule has 1 atom stereocenters. The number of nitrogens with one attached hydrogen (secondary N) is 1. The molecule has 4 heteroatoms. The molecule has 0 aliphatic carbocycles. The number of carbonyl (C=O) groups is 2. The maximum Gasteiger partial charge on any atom is 0.326 e. The normalized spacial score (nSPS) is 12.6. The Morgan fingerprint density at radius 3 is 2.69 bits per heavy atom. The molecule has 0 aliphatic heterocycles. The summed E-state index contributed by atoms with van der Waals surface area (Å²) in [7, 11) is 0. The lowest BCUT2D eigenvalue weighted by Crippen LogP contribution is -2.42. The molecule has 0 aromatic heterocycles. The molecule has 1 rings (SSSR count). The van der Waals surface area contributed by atoms with Crippen molar-refractivity contribution in [2.75, 3.05) is 0 Å². The molecule has 1 aromatic carbocycles. The van der Waals surface area contributed by atoms with Gasteiger partial charge in [-0.15, -0.1) is 0 Å². The molecule has 0 heterocycles. The average Bonchev–Trinajstić information content (AvgIpc) is 2.29. The second-order valence-electron chi connectivity index (χ2n) is 3.40. The molecule has 0 unspecified atom stereocenters. The van der Waals surface area contributed by atoms with E-state index < -0.39 is 17.9 Å². The maximum atomic E-state index is 11.3. The van der Waals surface area contributed by atoms with Crippen LogP contribution in [0.15, 0.2) is 30.3 Å². The van der Waals surface area contributed by atoms with Gasteiger partial charge in [0, 0.05) is 14.2 Å². The Balaban J connectivity index is 2.61. The van der Waals surface area contributed by atoms with Gasteiger partial charge in [0.1, 0.15) is 6.04 Å². The van der Waals surface area contributed by atoms with E-state index >= 15 is 0 Å². The van der Waals surface area contributed by atoms with Crippen molar-refractivity contribution in [3.63, 3.8) is 0 Å². The monoisotopic (exact) mass is 222 g/mol. The third-order valence-corrected chi connectivity index (χ3v) is 2.14. The lowest BCUT2D eigenvalue weighted by atomic mass is 10.1. The molecule has 2 N–H and O–H groups in total. The maximum absolute atomic E-state index is 11.3. The SMILES string of the molecule is [2H]CCC(=O)N[C@@H](Cc1ccccc1)C(=O)O. The fraction of sp³-hybridized carbons (Fsp3) is 0.333. The Labute approximate surface area is 95.7 Å². The molecule has 16 heavy (non-hydrogen) atoms. The van der Waals surface area contributed by atoms with E-state index in [0.717, 1.165) is 5.56 Å². The topological polar surface area (TPSA) is 66.4 Å². The molecule has 86 valence electrons. The van der Waals surface area contributed by atoms with Gasteiger partial charge in [-0.3, -0.25) is 4.79 Å². The number of rotatable bonds is 5. The summed E-state index contributed by atoms with van der Waals surface area (Å²) in [6.45, 7) is -0.0382. The molecule has 0 saturated heterocycles. The highest BCUT2D eigenvalue weighted by molar-refractivity contribution is 5.83. The Morgan fingerprint density at radius 1 is 1.44 bits per heavy atom. The van der Waals surface area contributed by atoms with Crippen LogP contribution in [-0.4, -0.2) is 23.0 Å². The standard InChI is InChI=1S/C12H15NO3/c1-2-11(14)13-10(12(15)16)8-9-6-4-3-5-7-9/h3-7,10H,2,8H2,1H3,(H,13,14)(H,15,16)/t10-/m0/s1/i1D. The summed E-state index contributed by atoms with van der Waals surface area (Å²) in [4.78, 5) is 22.2. The average molecular weight is 222 g/mol. The van der Waals surface area contributed by atoms with Crippen molar-refractivity contribution < 1.29 is 16.1 Å². The number of hydrogen-bond donors (Lipinski definition) is 2. The molecular weight excluding hydrogens is 206 g/mol. The van der Waals surface area contributed by atoms with Crippen molar-refractivity contribution >= 4 is 11.9 Å². The first kappa shape index (κ1) is 10.7. The predicted molar refractivity (Wildman–Crippen MR) is 60.0 cm³/mol. The molecule has 4 nitrogen and oxygen atoms in total. The van der Waals surface area contributed by atoms with Gasteiger partial charge in [0.25, 0.3) is 0 Å². The smallest absolute Gasteiger partial charge is 0.326 e. The Kier molecular flexibility index (Phi) is 3.94. The first-order valence-corrected chi connectivity index (χ1v) is 4.99. The number of carboxylic acid groups (broad SMARTS) is 1. The van der Waals surface area contributed by atoms with Gasteiger partial charge in [-0.05, 0) is 5.56 Å². The Hall–Kier alpha value is -1.84. The van der Waals surface area contributed by atoms with E-state index in [1.54, 1.807) is 0 Å². The molecule has 0 spiro atoms. The van der Waals surface area contributed by atoms with Crippen LogP contribution in [0.5, 0.6) is 0 Å². The fourth-order valence-electron chi connectivity index (χ4n) is 1.32. The summed E-state index contributed by atoms with van der Waals surface area (Å²) in [6.07, 6.45) is 0.276. The van der Waals surface area contributed by atoms with Crippen LogP contribution in [0.25, 0.3) is 0 Å². The van der Waals surface area contributed by atoms with Crippen molar-refractivity contribution in [1.29, 1.82) is 0 Å². The summed E-state index contributed by atoms with van der Waals surface area (Å²) >= 11 is 0. The number of carbonyl (C=O) groups excluding carboxylic acids is 1. The summed E-state index contributed by atoms with van der Waals surface area (Å²) in [5.41, 5.74) is 0.853. The minimum atomic E-state index is -1.06. The van der Waals surface area contributed by atoms with Crippen LogP contribution >= 0.6 is 0 Å². The number of aliphatic carboxylic acids is 1. The van der Waals surface area contributed by atoms with Crippen LogP contribution in [0.1, 0.15) is 20.3 Å². The zero-order valence-corrected chi connectivity index (χ0v) is 8.85. The van der Waals surface area contributed by atoms with Gasteiger partial charge in [-0.1, -0.05) is 37.2 Å². The highest BCUT2D eigenvalue weighted by Gasteiger charge is 2.19. The largest absolute Gasteiger partial charge is 0.480 e. The first-order chi connectivity index (χ1) is 8.13. The number of benzene rings is 1. The van der Waals surface area contributed by atoms with Crippen LogP contribution in [-0.2, 0) is 16.0 Å². The van der Waals surface area contributed by atoms with Gasteiger partial charge in [0.05, 0.1) is 0 Å². The zero-order chi connectivity index (χ0) is 12.7. The third-order valence-electron chi connectivity index (χ3n) is 2.14. The third kappa shape index (κ3) is 3.73. The second kappa shape index (κ2) is 5.90. The number of amides is 1. The summed E-state index contributed by atoms with van der Waals surface area (Å²) < 4.78 is 6.90. The van der Waals surface area contributed by atoms with Gasteiger partial charge in [-0.25, -0.2) is 4.79 Å². The highest BCUT2D eigenvalue weighted by Crippen LogP contribution is 2.03. The molecule has 0 radical (unpaired) electrons. The van der Waals surface area contributed by atoms with Crippen molar-refractivity contribution in [2.24, 2.45) is 0 Å². The quantitative estimate of drug-likeness (QED) is 0.787. The van der Waals surface area contributed by atoms with E-state index in [0.29, 0.717) is 0 Å². The van der Waals surface area contributed by atoms with E-state index in [9.17, 15) is 9.59 Å². The molecule has 0 saturated carbocycles. The van der Waals surface area contributed by atoms with Crippen LogP contribution in [0.3, 0.4) is 0 Å². The number of hydrogen-bond acceptors (Lipinski definition) is 2. The minimum absolute atomic E-state index is 0.0264. The first-order valence-electron chi connectivity index (χ1n) is 5.69. The van der Waals surface area contributed by atoms with Crippen molar-refractivity contribution in [2.45, 2.75) is 25.8 Å². The van der Waals surface area contributed by atoms with Gasteiger partial charge >= 0.3 is 5.97 Å². The molecule has 0 fully saturated rings. The van der Waals surface area contributed by atoms with Crippen LogP contribution in [0, 0.1) is 0 Å². The Bertz CT molecular complexity index is 381. The van der Waals surface area contributed by atoms with E-state index in [2.05, 4.69) is 5.32 Å². The lowest BCUT2D eigenvalue weighted by Gasteiger charge is -2.13. The van der Waals surface area contributed by atoms with Crippen molar-refractivity contribution in [1.82, 2.24) is 5.32 Å². The number of carboxylic acids is 1. The molecule has 0 bridgehead atoms. The molecule has 0 aliphatic rings. The summed E-state index contributed by atoms with van der Waals surface area (Å²) in [5, 5.41) is 11.4. The van der Waals surface area contributed by atoms with Gasteiger partial charge in [0.15, 0.2) is 0 Å². The lowest BCUT2D eigenvalue weighted by molar-refractivity contribution is -0.141. The Morgan fingerprint density at radius 2 is 2.12 bits per heavy atom. The van der Waals surface area contributed by atoms with Gasteiger partial charge in [-0.2, -0.15) is 0 Å². The zero-order valence-electron chi connectivity index (χ0n) is 9.85. The van der Waals surface area contributed by atoms with Gasteiger partial charge < -0.3 is 10.4 Å². The fourth-order valence-corrected chi connectivity index (χ4v) is 1.32. The summed E-state index contributed by atoms with van der Waals surface area (Å²) in [5.74, 6) is -1.46. The summed E-state index contributed by atoms with van der Waals surface area (Å²) in [6, 6.07) is 8.17. The van der Waals surface area contributed by atoms with Crippen LogP contribution in [0.2, 0.25) is 0 Å². The van der Waals surface area contributed by atoms with E-state index in [4.69, 9.17) is 6.48 Å². The predicted octanol–water partition coefficient (Wildman–Crippen LogP) is 1.21. The van der Waals surface area contributed by atoms with Gasteiger partial charge in [0.2, 0.25) is 5.91 Å². The highest BCUT2D eigenvalue weighted by atomic mass is 16.4. The molecule has 1 aromatic rings. The minimum Gasteiger partial charge on any atom is -0.480 e. The van der Waals surface area contributed by atoms with E-state index in [1.165, 1.54) is 0 Å². The van der Waals surface area contributed by atoms with E-state index in [1.807, 2.05) is 30.3 Å². The van der Waals surface area contributed by atoms with Crippen LogP contribution in [0.4, 0.5) is 0 Å². The van der Waals surface area contributed by atoms with Crippen molar-refractivity contribution in [3.8, 4) is 0 Å². The molecular formula is C12H15NO3.